The number of hydrogen-bond acceptors (Lipinski definition) is 3. The van der Waals surface area contributed by atoms with E-state index in [9.17, 15) is 4.79 Å². The zero-order chi connectivity index (χ0) is 11.4. The molecule has 92 valence electrons. The normalized spacial score (nSPS) is 26.9. The quantitative estimate of drug-likeness (QED) is 0.710. The smallest absolute Gasteiger partial charge is 0.237 e. The summed E-state index contributed by atoms with van der Waals surface area (Å²) in [6.45, 7) is 2.09. The molecule has 0 aromatic carbocycles. The molecule has 1 unspecified atom stereocenters. The molecule has 1 saturated carbocycles. The molecule has 1 saturated heterocycles. The highest BCUT2D eigenvalue weighted by atomic mass is 16.5. The van der Waals surface area contributed by atoms with Crippen LogP contribution in [0.3, 0.4) is 0 Å². The van der Waals surface area contributed by atoms with Crippen molar-refractivity contribution in [2.45, 2.75) is 38.3 Å². The van der Waals surface area contributed by atoms with Crippen LogP contribution in [0.2, 0.25) is 0 Å². The van der Waals surface area contributed by atoms with Gasteiger partial charge in [0, 0.05) is 20.3 Å². The van der Waals surface area contributed by atoms with Gasteiger partial charge in [0.05, 0.1) is 12.7 Å². The van der Waals surface area contributed by atoms with E-state index in [1.54, 1.807) is 7.11 Å². The Morgan fingerprint density at radius 1 is 1.44 bits per heavy atom. The minimum absolute atomic E-state index is 0.257. The van der Waals surface area contributed by atoms with Crippen molar-refractivity contribution in [1.29, 1.82) is 0 Å². The van der Waals surface area contributed by atoms with Gasteiger partial charge in [0.1, 0.15) is 0 Å². The zero-order valence-electron chi connectivity index (χ0n) is 10.1. The maximum absolute atomic E-state index is 11.8. The number of amides is 1. The summed E-state index contributed by atoms with van der Waals surface area (Å²) >= 11 is 0. The summed E-state index contributed by atoms with van der Waals surface area (Å²) in [6.07, 6.45) is 6.42. The summed E-state index contributed by atoms with van der Waals surface area (Å²) in [7, 11) is 1.71. The molecule has 1 N–H and O–H groups in total. The van der Waals surface area contributed by atoms with Crippen LogP contribution in [0, 0.1) is 5.92 Å². The first-order valence-corrected chi connectivity index (χ1v) is 6.34. The molecule has 0 radical (unpaired) electrons. The molecule has 0 spiro atoms. The monoisotopic (exact) mass is 226 g/mol. The van der Waals surface area contributed by atoms with Crippen molar-refractivity contribution in [1.82, 2.24) is 10.2 Å². The zero-order valence-corrected chi connectivity index (χ0v) is 10.1. The SMILES string of the molecule is COCCCN1C(=O)CNC1C1CCCC1. The van der Waals surface area contributed by atoms with E-state index in [4.69, 9.17) is 4.74 Å². The number of ether oxygens (including phenoxy) is 1. The highest BCUT2D eigenvalue weighted by Gasteiger charge is 2.36. The first kappa shape index (κ1) is 11.9. The lowest BCUT2D eigenvalue weighted by Gasteiger charge is -2.29. The Bertz CT molecular complexity index is 239. The molecule has 1 heterocycles. The lowest BCUT2D eigenvalue weighted by atomic mass is 10.0. The number of carbonyl (C=O) groups is 1. The van der Waals surface area contributed by atoms with E-state index in [0.717, 1.165) is 19.6 Å². The first-order valence-electron chi connectivity index (χ1n) is 6.34. The van der Waals surface area contributed by atoms with E-state index < -0.39 is 0 Å². The molecule has 2 aliphatic rings. The highest BCUT2D eigenvalue weighted by molar-refractivity contribution is 5.80. The molecule has 1 aliphatic heterocycles. The summed E-state index contributed by atoms with van der Waals surface area (Å²) in [5.74, 6) is 0.932. The van der Waals surface area contributed by atoms with Crippen LogP contribution in [0.1, 0.15) is 32.1 Å². The molecule has 0 aromatic rings. The molecule has 1 aliphatic carbocycles. The molecule has 4 heteroatoms. The second kappa shape index (κ2) is 5.64. The van der Waals surface area contributed by atoms with Crippen LogP contribution in [0.15, 0.2) is 0 Å². The summed E-state index contributed by atoms with van der Waals surface area (Å²) in [5.41, 5.74) is 0. The number of nitrogens with zero attached hydrogens (tertiary/aromatic N) is 1. The molecule has 2 fully saturated rings. The predicted molar refractivity (Wildman–Crippen MR) is 62.0 cm³/mol. The second-order valence-electron chi connectivity index (χ2n) is 4.80. The standard InChI is InChI=1S/C12H22N2O2/c1-16-8-4-7-14-11(15)9-13-12(14)10-5-2-3-6-10/h10,12-13H,2-9H2,1H3. The van der Waals surface area contributed by atoms with Crippen LogP contribution in [0.25, 0.3) is 0 Å². The third-order valence-electron chi connectivity index (χ3n) is 3.71. The fraction of sp³-hybridized carbons (Fsp3) is 0.917. The van der Waals surface area contributed by atoms with Crippen molar-refractivity contribution < 1.29 is 9.53 Å². The van der Waals surface area contributed by atoms with Gasteiger partial charge in [-0.15, -0.1) is 0 Å². The van der Waals surface area contributed by atoms with Crippen molar-refractivity contribution in [2.75, 3.05) is 26.8 Å². The van der Waals surface area contributed by atoms with Gasteiger partial charge >= 0.3 is 0 Å². The van der Waals surface area contributed by atoms with Crippen LogP contribution >= 0.6 is 0 Å². The Labute approximate surface area is 97.3 Å². The summed E-state index contributed by atoms with van der Waals surface area (Å²) in [4.78, 5) is 13.8. The summed E-state index contributed by atoms with van der Waals surface area (Å²) in [5, 5.41) is 3.36. The Morgan fingerprint density at radius 2 is 2.19 bits per heavy atom. The van der Waals surface area contributed by atoms with Crippen molar-refractivity contribution in [3.05, 3.63) is 0 Å². The fourth-order valence-corrected chi connectivity index (χ4v) is 2.90. The molecular weight excluding hydrogens is 204 g/mol. The minimum Gasteiger partial charge on any atom is -0.385 e. The van der Waals surface area contributed by atoms with Gasteiger partial charge in [0.2, 0.25) is 5.91 Å². The predicted octanol–water partition coefficient (Wildman–Crippen LogP) is 0.971. The van der Waals surface area contributed by atoms with E-state index in [0.29, 0.717) is 18.6 Å². The molecule has 4 nitrogen and oxygen atoms in total. The van der Waals surface area contributed by atoms with Gasteiger partial charge in [-0.25, -0.2) is 0 Å². The van der Waals surface area contributed by atoms with Gasteiger partial charge in [-0.2, -0.15) is 0 Å². The van der Waals surface area contributed by atoms with E-state index in [2.05, 4.69) is 5.32 Å². The number of rotatable bonds is 5. The second-order valence-corrected chi connectivity index (χ2v) is 4.80. The van der Waals surface area contributed by atoms with Crippen molar-refractivity contribution in [3.8, 4) is 0 Å². The lowest BCUT2D eigenvalue weighted by Crippen LogP contribution is -2.43. The molecule has 1 amide bonds. The number of hydrogen-bond donors (Lipinski definition) is 1. The first-order chi connectivity index (χ1) is 7.83. The minimum atomic E-state index is 0.257. The Morgan fingerprint density at radius 3 is 2.88 bits per heavy atom. The maximum Gasteiger partial charge on any atom is 0.237 e. The van der Waals surface area contributed by atoms with Crippen LogP contribution < -0.4 is 5.32 Å². The third-order valence-corrected chi connectivity index (χ3v) is 3.71. The third kappa shape index (κ3) is 2.55. The number of nitrogens with one attached hydrogen (secondary N) is 1. The Balaban J connectivity index is 1.87. The molecule has 16 heavy (non-hydrogen) atoms. The molecule has 1 atom stereocenters. The van der Waals surface area contributed by atoms with E-state index in [-0.39, 0.29) is 5.91 Å². The van der Waals surface area contributed by atoms with Gasteiger partial charge in [-0.3, -0.25) is 10.1 Å². The van der Waals surface area contributed by atoms with Crippen molar-refractivity contribution in [2.24, 2.45) is 5.92 Å². The number of methoxy groups -OCH3 is 1. The van der Waals surface area contributed by atoms with E-state index in [1.807, 2.05) is 4.90 Å². The highest BCUT2D eigenvalue weighted by Crippen LogP contribution is 2.30. The Kier molecular flexibility index (Phi) is 4.18. The molecular formula is C12H22N2O2. The average Bonchev–Trinajstić information content (AvgIpc) is 2.89. The van der Waals surface area contributed by atoms with E-state index in [1.165, 1.54) is 25.7 Å². The molecule has 0 aromatic heterocycles. The maximum atomic E-state index is 11.8. The molecule has 2 rings (SSSR count). The van der Waals surface area contributed by atoms with Gasteiger partial charge in [0.25, 0.3) is 0 Å². The number of carbonyl (C=O) groups excluding carboxylic acids is 1. The van der Waals surface area contributed by atoms with Crippen LogP contribution in [0.4, 0.5) is 0 Å². The van der Waals surface area contributed by atoms with Gasteiger partial charge in [-0.1, -0.05) is 12.8 Å². The lowest BCUT2D eigenvalue weighted by molar-refractivity contribution is -0.128. The topological polar surface area (TPSA) is 41.6 Å². The van der Waals surface area contributed by atoms with Crippen LogP contribution in [-0.2, 0) is 9.53 Å². The molecule has 0 bridgehead atoms. The van der Waals surface area contributed by atoms with Crippen LogP contribution in [0.5, 0.6) is 0 Å². The largest absolute Gasteiger partial charge is 0.385 e. The summed E-state index contributed by atoms with van der Waals surface area (Å²) in [6, 6.07) is 0. The van der Waals surface area contributed by atoms with Crippen molar-refractivity contribution >= 4 is 5.91 Å². The van der Waals surface area contributed by atoms with Gasteiger partial charge < -0.3 is 9.64 Å². The fourth-order valence-electron chi connectivity index (χ4n) is 2.90. The Hall–Kier alpha value is -0.610. The van der Waals surface area contributed by atoms with Crippen LogP contribution in [-0.4, -0.2) is 43.8 Å². The van der Waals surface area contributed by atoms with Gasteiger partial charge in [-0.05, 0) is 25.2 Å². The van der Waals surface area contributed by atoms with Gasteiger partial charge in [0.15, 0.2) is 0 Å². The van der Waals surface area contributed by atoms with Crippen molar-refractivity contribution in [3.63, 3.8) is 0 Å². The average molecular weight is 226 g/mol. The van der Waals surface area contributed by atoms with E-state index >= 15 is 0 Å². The summed E-state index contributed by atoms with van der Waals surface area (Å²) < 4.78 is 5.04.